The first kappa shape index (κ1) is 16.2. The van der Waals surface area contributed by atoms with Gasteiger partial charge in [0, 0.05) is 20.1 Å². The van der Waals surface area contributed by atoms with E-state index in [-0.39, 0.29) is 12.3 Å². The van der Waals surface area contributed by atoms with E-state index < -0.39 is 14.0 Å². The van der Waals surface area contributed by atoms with Crippen LogP contribution in [0.25, 0.3) is 10.9 Å². The Morgan fingerprint density at radius 3 is 2.76 bits per heavy atom. The SMILES string of the molecule is C[Si](C)(C)CCOCn1nc(Br)c2cccc(C(=O)O)c21. The highest BCUT2D eigenvalue weighted by Crippen LogP contribution is 2.26. The van der Waals surface area contributed by atoms with Crippen molar-refractivity contribution in [2.45, 2.75) is 32.4 Å². The second kappa shape index (κ2) is 6.29. The van der Waals surface area contributed by atoms with Crippen molar-refractivity contribution < 1.29 is 14.6 Å². The first-order chi connectivity index (χ1) is 9.79. The van der Waals surface area contributed by atoms with Crippen molar-refractivity contribution in [2.24, 2.45) is 0 Å². The zero-order valence-electron chi connectivity index (χ0n) is 12.4. The fourth-order valence-electron chi connectivity index (χ4n) is 1.99. The van der Waals surface area contributed by atoms with Crippen LogP contribution in [0.1, 0.15) is 10.4 Å². The van der Waals surface area contributed by atoms with Crippen LogP contribution in [0.3, 0.4) is 0 Å². The molecule has 1 aromatic heterocycles. The number of benzene rings is 1. The second-order valence-corrected chi connectivity index (χ2v) is 12.5. The molecule has 0 amide bonds. The number of carbonyl (C=O) groups is 1. The lowest BCUT2D eigenvalue weighted by Crippen LogP contribution is -2.22. The van der Waals surface area contributed by atoms with Crippen LogP contribution < -0.4 is 0 Å². The summed E-state index contributed by atoms with van der Waals surface area (Å²) in [5, 5.41) is 14.4. The van der Waals surface area contributed by atoms with Crippen molar-refractivity contribution >= 4 is 40.9 Å². The van der Waals surface area contributed by atoms with Gasteiger partial charge in [-0.15, -0.1) is 0 Å². The predicted molar refractivity (Wildman–Crippen MR) is 88.5 cm³/mol. The van der Waals surface area contributed by atoms with Crippen molar-refractivity contribution in [3.8, 4) is 0 Å². The average Bonchev–Trinajstić information content (AvgIpc) is 2.71. The molecule has 0 atom stereocenters. The number of nitrogens with zero attached hydrogens (tertiary/aromatic N) is 2. The fraction of sp³-hybridized carbons (Fsp3) is 0.429. The largest absolute Gasteiger partial charge is 0.478 e. The number of para-hydroxylation sites is 1. The van der Waals surface area contributed by atoms with Gasteiger partial charge in [0.1, 0.15) is 11.3 Å². The molecule has 1 heterocycles. The van der Waals surface area contributed by atoms with Gasteiger partial charge in [-0.05, 0) is 34.1 Å². The third-order valence-corrected chi connectivity index (χ3v) is 5.46. The standard InChI is InChI=1S/C14H19BrN2O3Si/c1-21(2,3)8-7-20-9-17-12-10(13(15)16-17)5-4-6-11(12)14(18)19/h4-6H,7-9H2,1-3H3,(H,18,19). The van der Waals surface area contributed by atoms with E-state index in [1.807, 2.05) is 6.07 Å². The van der Waals surface area contributed by atoms with Crippen molar-refractivity contribution in [2.75, 3.05) is 6.61 Å². The van der Waals surface area contributed by atoms with E-state index in [1.54, 1.807) is 16.8 Å². The molecule has 0 aliphatic rings. The third-order valence-electron chi connectivity index (χ3n) is 3.17. The Labute approximate surface area is 133 Å². The zero-order chi connectivity index (χ0) is 15.6. The van der Waals surface area contributed by atoms with E-state index in [4.69, 9.17) is 4.74 Å². The summed E-state index contributed by atoms with van der Waals surface area (Å²) in [6.45, 7) is 7.80. The number of aromatic carboxylic acids is 1. The van der Waals surface area contributed by atoms with Gasteiger partial charge in [0.2, 0.25) is 0 Å². The zero-order valence-corrected chi connectivity index (χ0v) is 15.0. The molecular weight excluding hydrogens is 352 g/mol. The molecule has 0 radical (unpaired) electrons. The number of carboxylic acid groups (broad SMARTS) is 1. The van der Waals surface area contributed by atoms with Gasteiger partial charge >= 0.3 is 5.97 Å². The van der Waals surface area contributed by atoms with Crippen molar-refractivity contribution in [3.63, 3.8) is 0 Å². The molecular formula is C14H19BrN2O3Si. The summed E-state index contributed by atoms with van der Waals surface area (Å²) in [5.74, 6) is -0.962. The van der Waals surface area contributed by atoms with Crippen LogP contribution in [0.4, 0.5) is 0 Å². The van der Waals surface area contributed by atoms with E-state index in [0.717, 1.165) is 11.4 Å². The summed E-state index contributed by atoms with van der Waals surface area (Å²) in [6, 6.07) is 6.21. The highest BCUT2D eigenvalue weighted by molar-refractivity contribution is 9.10. The summed E-state index contributed by atoms with van der Waals surface area (Å²) in [7, 11) is -1.13. The smallest absolute Gasteiger partial charge is 0.337 e. The lowest BCUT2D eigenvalue weighted by molar-refractivity contribution is 0.0693. The van der Waals surface area contributed by atoms with Crippen LogP contribution in [-0.2, 0) is 11.5 Å². The van der Waals surface area contributed by atoms with Gasteiger partial charge in [-0.1, -0.05) is 25.7 Å². The molecule has 0 saturated heterocycles. The molecule has 0 fully saturated rings. The van der Waals surface area contributed by atoms with Crippen molar-refractivity contribution in [3.05, 3.63) is 28.4 Å². The Balaban J connectivity index is 2.22. The summed E-state index contributed by atoms with van der Waals surface area (Å²) >= 11 is 3.37. The van der Waals surface area contributed by atoms with E-state index in [1.165, 1.54) is 0 Å². The molecule has 0 bridgehead atoms. The van der Waals surface area contributed by atoms with Gasteiger partial charge < -0.3 is 9.84 Å². The number of halogens is 1. The number of fused-ring (bicyclic) bond motifs is 1. The average molecular weight is 371 g/mol. The predicted octanol–water partition coefficient (Wildman–Crippen LogP) is 3.81. The maximum absolute atomic E-state index is 11.3. The number of hydrogen-bond donors (Lipinski definition) is 1. The highest BCUT2D eigenvalue weighted by Gasteiger charge is 2.17. The number of aromatic nitrogens is 2. The molecule has 7 heteroatoms. The molecule has 0 saturated carbocycles. The van der Waals surface area contributed by atoms with E-state index >= 15 is 0 Å². The third kappa shape index (κ3) is 3.93. The molecule has 5 nitrogen and oxygen atoms in total. The van der Waals surface area contributed by atoms with Crippen LogP contribution in [0.15, 0.2) is 22.8 Å². The highest BCUT2D eigenvalue weighted by atomic mass is 79.9. The Hall–Kier alpha value is -1.18. The van der Waals surface area contributed by atoms with Crippen LogP contribution in [0.2, 0.25) is 25.7 Å². The molecule has 0 aliphatic carbocycles. The van der Waals surface area contributed by atoms with E-state index in [2.05, 4.69) is 40.7 Å². The maximum atomic E-state index is 11.3. The summed E-state index contributed by atoms with van der Waals surface area (Å²) < 4.78 is 7.91. The quantitative estimate of drug-likeness (QED) is 0.620. The number of hydrogen-bond acceptors (Lipinski definition) is 3. The van der Waals surface area contributed by atoms with Crippen molar-refractivity contribution in [1.82, 2.24) is 9.78 Å². The first-order valence-corrected chi connectivity index (χ1v) is 11.3. The number of rotatable bonds is 6. The summed E-state index contributed by atoms with van der Waals surface area (Å²) in [5.41, 5.74) is 0.823. The lowest BCUT2D eigenvalue weighted by atomic mass is 10.1. The Bertz CT molecular complexity index is 664. The number of ether oxygens (including phenoxy) is 1. The Morgan fingerprint density at radius 1 is 1.43 bits per heavy atom. The monoisotopic (exact) mass is 370 g/mol. The molecule has 21 heavy (non-hydrogen) atoms. The molecule has 0 aliphatic heterocycles. The number of carboxylic acids is 1. The van der Waals surface area contributed by atoms with Crippen molar-refractivity contribution in [1.29, 1.82) is 0 Å². The first-order valence-electron chi connectivity index (χ1n) is 6.76. The molecule has 1 N–H and O–H groups in total. The minimum Gasteiger partial charge on any atom is -0.478 e. The minimum atomic E-state index is -1.13. The van der Waals surface area contributed by atoms with Gasteiger partial charge in [0.05, 0.1) is 11.1 Å². The van der Waals surface area contributed by atoms with Gasteiger partial charge in [-0.2, -0.15) is 5.10 Å². The molecule has 2 rings (SSSR count). The normalized spacial score (nSPS) is 12.0. The van der Waals surface area contributed by atoms with Gasteiger partial charge in [-0.3, -0.25) is 0 Å². The topological polar surface area (TPSA) is 64.4 Å². The summed E-state index contributed by atoms with van der Waals surface area (Å²) in [4.78, 5) is 11.3. The Kier molecular flexibility index (Phi) is 4.85. The Morgan fingerprint density at radius 2 is 2.14 bits per heavy atom. The van der Waals surface area contributed by atoms with Gasteiger partial charge in [0.25, 0.3) is 0 Å². The molecule has 0 unspecified atom stereocenters. The van der Waals surface area contributed by atoms with E-state index in [0.29, 0.717) is 16.7 Å². The summed E-state index contributed by atoms with van der Waals surface area (Å²) in [6.07, 6.45) is 0. The molecule has 1 aromatic carbocycles. The van der Waals surface area contributed by atoms with Crippen LogP contribution in [0, 0.1) is 0 Å². The molecule has 0 spiro atoms. The second-order valence-electron chi connectivity index (χ2n) is 6.15. The van der Waals surface area contributed by atoms with Gasteiger partial charge in [0.15, 0.2) is 0 Å². The molecule has 2 aromatic rings. The fourth-order valence-corrected chi connectivity index (χ4v) is 3.26. The molecule has 114 valence electrons. The van der Waals surface area contributed by atoms with Gasteiger partial charge in [-0.25, -0.2) is 9.48 Å². The lowest BCUT2D eigenvalue weighted by Gasteiger charge is -2.15. The van der Waals surface area contributed by atoms with E-state index in [9.17, 15) is 9.90 Å². The van der Waals surface area contributed by atoms with Crippen LogP contribution in [-0.4, -0.2) is 35.5 Å². The maximum Gasteiger partial charge on any atom is 0.337 e. The van der Waals surface area contributed by atoms with Crippen LogP contribution in [0.5, 0.6) is 0 Å². The van der Waals surface area contributed by atoms with Crippen LogP contribution >= 0.6 is 15.9 Å². The minimum absolute atomic E-state index is 0.236.